The van der Waals surface area contributed by atoms with Gasteiger partial charge in [-0.2, -0.15) is 4.98 Å². The minimum Gasteiger partial charge on any atom is -0.423 e. The van der Waals surface area contributed by atoms with Crippen molar-refractivity contribution in [2.24, 2.45) is 0 Å². The predicted molar refractivity (Wildman–Crippen MR) is 55.7 cm³/mol. The number of nitrogens with one attached hydrogen (secondary N) is 1. The van der Waals surface area contributed by atoms with E-state index in [4.69, 9.17) is 10.2 Å². The number of hydrogen-bond acceptors (Lipinski definition) is 5. The number of hydrazine groups is 1. The summed E-state index contributed by atoms with van der Waals surface area (Å²) in [5.41, 5.74) is 10.7. The highest BCUT2D eigenvalue weighted by molar-refractivity contribution is 5.78. The predicted octanol–water partition coefficient (Wildman–Crippen LogP) is 1.30. The van der Waals surface area contributed by atoms with Gasteiger partial charge in [0, 0.05) is 19.8 Å². The first-order valence-electron chi connectivity index (χ1n) is 4.25. The van der Waals surface area contributed by atoms with E-state index < -0.39 is 0 Å². The highest BCUT2D eigenvalue weighted by Gasteiger charge is 2.05. The van der Waals surface area contributed by atoms with Crippen molar-refractivity contribution < 1.29 is 4.42 Å². The summed E-state index contributed by atoms with van der Waals surface area (Å²) in [4.78, 5) is 4.21. The molecule has 74 valence electrons. The van der Waals surface area contributed by atoms with Crippen molar-refractivity contribution in [3.8, 4) is 0 Å². The Morgan fingerprint density at radius 2 is 2.21 bits per heavy atom. The SMILES string of the molecule is CN(C)Nc1nc2cc(N)ccc2o1. The third-order valence-corrected chi connectivity index (χ3v) is 1.73. The largest absolute Gasteiger partial charge is 0.423 e. The number of hydrogen-bond donors (Lipinski definition) is 2. The van der Waals surface area contributed by atoms with Crippen molar-refractivity contribution in [1.29, 1.82) is 0 Å². The Hall–Kier alpha value is -1.75. The van der Waals surface area contributed by atoms with E-state index in [0.717, 1.165) is 11.1 Å². The van der Waals surface area contributed by atoms with Gasteiger partial charge < -0.3 is 10.2 Å². The quantitative estimate of drug-likeness (QED) is 0.554. The number of nitrogens with two attached hydrogens (primary N) is 1. The molecule has 0 aliphatic carbocycles. The lowest BCUT2D eigenvalue weighted by Gasteiger charge is -2.07. The maximum Gasteiger partial charge on any atom is 0.310 e. The van der Waals surface area contributed by atoms with Gasteiger partial charge in [0.15, 0.2) is 5.58 Å². The fourth-order valence-electron chi connectivity index (χ4n) is 1.18. The van der Waals surface area contributed by atoms with Crippen LogP contribution in [-0.4, -0.2) is 24.1 Å². The molecule has 1 aromatic carbocycles. The van der Waals surface area contributed by atoms with Crippen LogP contribution in [0.2, 0.25) is 0 Å². The van der Waals surface area contributed by atoms with Gasteiger partial charge >= 0.3 is 6.01 Å². The second-order valence-electron chi connectivity index (χ2n) is 3.25. The first-order chi connectivity index (χ1) is 6.65. The first kappa shape index (κ1) is 8.83. The lowest BCUT2D eigenvalue weighted by Crippen LogP contribution is -2.19. The third kappa shape index (κ3) is 1.62. The second-order valence-corrected chi connectivity index (χ2v) is 3.25. The van der Waals surface area contributed by atoms with Gasteiger partial charge in [-0.3, -0.25) is 5.43 Å². The van der Waals surface area contributed by atoms with Gasteiger partial charge in [0.05, 0.1) is 0 Å². The molecule has 5 heteroatoms. The Balaban J connectivity index is 2.41. The zero-order valence-corrected chi connectivity index (χ0v) is 8.11. The highest BCUT2D eigenvalue weighted by Crippen LogP contribution is 2.20. The lowest BCUT2D eigenvalue weighted by molar-refractivity contribution is 0.458. The molecular weight excluding hydrogens is 180 g/mol. The van der Waals surface area contributed by atoms with Gasteiger partial charge in [-0.1, -0.05) is 0 Å². The summed E-state index contributed by atoms with van der Waals surface area (Å²) in [6.45, 7) is 0. The number of fused-ring (bicyclic) bond motifs is 1. The van der Waals surface area contributed by atoms with Gasteiger partial charge in [-0.05, 0) is 18.2 Å². The molecule has 3 N–H and O–H groups in total. The molecular formula is C9H12N4O. The smallest absolute Gasteiger partial charge is 0.310 e. The van der Waals surface area contributed by atoms with Gasteiger partial charge in [-0.25, -0.2) is 5.01 Å². The van der Waals surface area contributed by atoms with Gasteiger partial charge in [-0.15, -0.1) is 0 Å². The van der Waals surface area contributed by atoms with E-state index in [0.29, 0.717) is 11.7 Å². The molecule has 14 heavy (non-hydrogen) atoms. The van der Waals surface area contributed by atoms with Crippen LogP contribution >= 0.6 is 0 Å². The summed E-state index contributed by atoms with van der Waals surface area (Å²) in [7, 11) is 3.73. The Kier molecular flexibility index (Phi) is 2.01. The Morgan fingerprint density at radius 1 is 1.43 bits per heavy atom. The Labute approximate surface area is 81.5 Å². The number of aromatic nitrogens is 1. The molecule has 0 bridgehead atoms. The van der Waals surface area contributed by atoms with Crippen LogP contribution in [0.5, 0.6) is 0 Å². The summed E-state index contributed by atoms with van der Waals surface area (Å²) in [5.74, 6) is 0. The second kappa shape index (κ2) is 3.19. The molecule has 5 nitrogen and oxygen atoms in total. The molecule has 0 aliphatic heterocycles. The fourth-order valence-corrected chi connectivity index (χ4v) is 1.18. The van der Waals surface area contributed by atoms with Crippen LogP contribution in [0.1, 0.15) is 0 Å². The summed E-state index contributed by atoms with van der Waals surface area (Å²) < 4.78 is 5.41. The Morgan fingerprint density at radius 3 is 2.93 bits per heavy atom. The van der Waals surface area contributed by atoms with Gasteiger partial charge in [0.25, 0.3) is 0 Å². The first-order valence-corrected chi connectivity index (χ1v) is 4.25. The number of nitrogens with zero attached hydrogens (tertiary/aromatic N) is 2. The zero-order chi connectivity index (χ0) is 10.1. The van der Waals surface area contributed by atoms with Crippen LogP contribution in [0.4, 0.5) is 11.7 Å². The third-order valence-electron chi connectivity index (χ3n) is 1.73. The van der Waals surface area contributed by atoms with E-state index in [1.807, 2.05) is 14.1 Å². The van der Waals surface area contributed by atoms with E-state index in [1.54, 1.807) is 23.2 Å². The molecule has 1 aromatic heterocycles. The van der Waals surface area contributed by atoms with Crippen LogP contribution in [0.15, 0.2) is 22.6 Å². The normalized spacial score (nSPS) is 11.1. The summed E-state index contributed by atoms with van der Waals surface area (Å²) in [6.07, 6.45) is 0. The van der Waals surface area contributed by atoms with Crippen molar-refractivity contribution in [2.45, 2.75) is 0 Å². The number of anilines is 2. The molecule has 0 saturated carbocycles. The van der Waals surface area contributed by atoms with Crippen molar-refractivity contribution >= 4 is 22.8 Å². The number of benzene rings is 1. The van der Waals surface area contributed by atoms with Crippen molar-refractivity contribution in [2.75, 3.05) is 25.3 Å². The molecule has 0 unspecified atom stereocenters. The van der Waals surface area contributed by atoms with Crippen molar-refractivity contribution in [3.05, 3.63) is 18.2 Å². The van der Waals surface area contributed by atoms with Crippen LogP contribution in [0.25, 0.3) is 11.1 Å². The van der Waals surface area contributed by atoms with Gasteiger partial charge in [0.2, 0.25) is 0 Å². The number of rotatable bonds is 2. The summed E-state index contributed by atoms with van der Waals surface area (Å²) in [6, 6.07) is 5.83. The van der Waals surface area contributed by atoms with Crippen LogP contribution in [0.3, 0.4) is 0 Å². The molecule has 2 aromatic rings. The molecule has 0 spiro atoms. The van der Waals surface area contributed by atoms with Crippen molar-refractivity contribution in [3.63, 3.8) is 0 Å². The maximum atomic E-state index is 5.62. The molecule has 0 radical (unpaired) electrons. The summed E-state index contributed by atoms with van der Waals surface area (Å²) >= 11 is 0. The van der Waals surface area contributed by atoms with E-state index >= 15 is 0 Å². The van der Waals surface area contributed by atoms with Gasteiger partial charge in [0.1, 0.15) is 5.52 Å². The monoisotopic (exact) mass is 192 g/mol. The van der Waals surface area contributed by atoms with Crippen LogP contribution < -0.4 is 11.2 Å². The number of nitrogen functional groups attached to an aromatic ring is 1. The molecule has 2 rings (SSSR count). The molecule has 0 amide bonds. The van der Waals surface area contributed by atoms with Crippen molar-refractivity contribution in [1.82, 2.24) is 9.99 Å². The molecule has 0 saturated heterocycles. The zero-order valence-electron chi connectivity index (χ0n) is 8.11. The molecule has 1 heterocycles. The van der Waals surface area contributed by atoms with E-state index in [2.05, 4.69) is 10.4 Å². The minimum atomic E-state index is 0.468. The Bertz CT molecular complexity index is 449. The average molecular weight is 192 g/mol. The standard InChI is InChI=1S/C9H12N4O/c1-13(2)12-9-11-7-5-6(10)3-4-8(7)14-9/h3-5H,10H2,1-2H3,(H,11,12). The molecule has 0 aliphatic rings. The van der Waals surface area contributed by atoms with Crippen LogP contribution in [-0.2, 0) is 0 Å². The van der Waals surface area contributed by atoms with E-state index in [-0.39, 0.29) is 0 Å². The highest BCUT2D eigenvalue weighted by atomic mass is 16.4. The minimum absolute atomic E-state index is 0.468. The topological polar surface area (TPSA) is 67.3 Å². The molecule has 0 atom stereocenters. The average Bonchev–Trinajstić information content (AvgIpc) is 2.44. The van der Waals surface area contributed by atoms with E-state index in [1.165, 1.54) is 0 Å². The van der Waals surface area contributed by atoms with Crippen LogP contribution in [0, 0.1) is 0 Å². The fraction of sp³-hybridized carbons (Fsp3) is 0.222. The number of oxazole rings is 1. The molecule has 0 fully saturated rings. The summed E-state index contributed by atoms with van der Waals surface area (Å²) in [5, 5.41) is 1.76. The maximum absolute atomic E-state index is 5.62. The van der Waals surface area contributed by atoms with E-state index in [9.17, 15) is 0 Å². The lowest BCUT2D eigenvalue weighted by atomic mass is 10.3.